The summed E-state index contributed by atoms with van der Waals surface area (Å²) in [7, 11) is 0. The van der Waals surface area contributed by atoms with Gasteiger partial charge in [0, 0.05) is 0 Å². The molecule has 0 rings (SSSR count). The fourth-order valence-corrected chi connectivity index (χ4v) is 1.68. The second kappa shape index (κ2) is 9.16. The number of carbonyl (C=O) groups is 1. The number of aliphatic carboxylic acids is 1. The summed E-state index contributed by atoms with van der Waals surface area (Å²) in [4.78, 5) is 10.8. The SMILES string of the molecule is CC(C)=CCC/C(C)=C/CC/C(C)=C(\C#N)C(=O)O. The summed E-state index contributed by atoms with van der Waals surface area (Å²) in [6.45, 7) is 7.96. The summed E-state index contributed by atoms with van der Waals surface area (Å²) in [6, 6.07) is 1.74. The predicted octanol–water partition coefficient (Wildman–Crippen LogP) is 4.38. The van der Waals surface area contributed by atoms with E-state index in [9.17, 15) is 4.79 Å². The lowest BCUT2D eigenvalue weighted by Gasteiger charge is -2.02. The van der Waals surface area contributed by atoms with Gasteiger partial charge in [0.1, 0.15) is 11.6 Å². The van der Waals surface area contributed by atoms with Crippen LogP contribution in [0.2, 0.25) is 0 Å². The zero-order valence-electron chi connectivity index (χ0n) is 12.3. The van der Waals surface area contributed by atoms with Crippen molar-refractivity contribution < 1.29 is 9.90 Å². The first-order valence-electron chi connectivity index (χ1n) is 6.50. The van der Waals surface area contributed by atoms with Gasteiger partial charge >= 0.3 is 5.97 Å². The van der Waals surface area contributed by atoms with Crippen LogP contribution in [0.5, 0.6) is 0 Å². The van der Waals surface area contributed by atoms with E-state index in [0.29, 0.717) is 12.0 Å². The number of nitriles is 1. The van der Waals surface area contributed by atoms with Crippen LogP contribution in [-0.4, -0.2) is 11.1 Å². The van der Waals surface area contributed by atoms with Gasteiger partial charge in [-0.05, 0) is 59.0 Å². The zero-order chi connectivity index (χ0) is 14.8. The smallest absolute Gasteiger partial charge is 0.346 e. The molecular weight excluding hydrogens is 238 g/mol. The van der Waals surface area contributed by atoms with Gasteiger partial charge in [-0.2, -0.15) is 5.26 Å². The van der Waals surface area contributed by atoms with E-state index in [1.807, 2.05) is 0 Å². The summed E-state index contributed by atoms with van der Waals surface area (Å²) in [5.41, 5.74) is 3.14. The third-order valence-corrected chi connectivity index (χ3v) is 2.86. The van der Waals surface area contributed by atoms with E-state index in [-0.39, 0.29) is 5.57 Å². The molecule has 0 aliphatic carbocycles. The number of hydrogen-bond donors (Lipinski definition) is 1. The maximum absolute atomic E-state index is 10.8. The molecule has 3 nitrogen and oxygen atoms in total. The lowest BCUT2D eigenvalue weighted by Crippen LogP contribution is -2.01. The molecule has 0 aromatic heterocycles. The van der Waals surface area contributed by atoms with Gasteiger partial charge in [-0.1, -0.05) is 23.3 Å². The minimum Gasteiger partial charge on any atom is -0.477 e. The number of allylic oxidation sites excluding steroid dienone is 5. The van der Waals surface area contributed by atoms with Gasteiger partial charge < -0.3 is 5.11 Å². The molecule has 104 valence electrons. The van der Waals surface area contributed by atoms with E-state index in [1.165, 1.54) is 11.1 Å². The van der Waals surface area contributed by atoms with Crippen molar-refractivity contribution in [3.8, 4) is 6.07 Å². The van der Waals surface area contributed by atoms with E-state index in [2.05, 4.69) is 32.9 Å². The molecule has 0 amide bonds. The average Bonchev–Trinajstić information content (AvgIpc) is 2.28. The van der Waals surface area contributed by atoms with Gasteiger partial charge in [-0.3, -0.25) is 0 Å². The van der Waals surface area contributed by atoms with Crippen molar-refractivity contribution in [3.63, 3.8) is 0 Å². The quantitative estimate of drug-likeness (QED) is 0.420. The molecule has 0 spiro atoms. The zero-order valence-corrected chi connectivity index (χ0v) is 12.3. The van der Waals surface area contributed by atoms with Crippen molar-refractivity contribution in [1.29, 1.82) is 5.26 Å². The van der Waals surface area contributed by atoms with Crippen molar-refractivity contribution in [3.05, 3.63) is 34.4 Å². The van der Waals surface area contributed by atoms with E-state index >= 15 is 0 Å². The normalized spacial score (nSPS) is 12.5. The third-order valence-electron chi connectivity index (χ3n) is 2.86. The van der Waals surface area contributed by atoms with Crippen LogP contribution in [0.3, 0.4) is 0 Å². The van der Waals surface area contributed by atoms with Crippen molar-refractivity contribution in [1.82, 2.24) is 0 Å². The minimum absolute atomic E-state index is 0.129. The second-order valence-electron chi connectivity index (χ2n) is 4.98. The molecule has 0 aromatic carbocycles. The molecule has 0 bridgehead atoms. The van der Waals surface area contributed by atoms with Gasteiger partial charge in [0.05, 0.1) is 0 Å². The topological polar surface area (TPSA) is 61.1 Å². The molecule has 0 radical (unpaired) electrons. The lowest BCUT2D eigenvalue weighted by molar-refractivity contribution is -0.132. The average molecular weight is 261 g/mol. The van der Waals surface area contributed by atoms with Crippen LogP contribution in [0.25, 0.3) is 0 Å². The van der Waals surface area contributed by atoms with E-state index in [1.54, 1.807) is 13.0 Å². The standard InChI is InChI=1S/C16H23NO2/c1-12(2)7-5-8-13(3)9-6-10-14(4)15(11-17)16(18)19/h7,9H,5-6,8,10H2,1-4H3,(H,18,19)/b13-9+,15-14+. The Bertz CT molecular complexity index is 444. The first-order valence-corrected chi connectivity index (χ1v) is 6.50. The molecule has 0 saturated heterocycles. The number of nitrogens with zero attached hydrogens (tertiary/aromatic N) is 1. The number of hydrogen-bond acceptors (Lipinski definition) is 2. The molecule has 0 saturated carbocycles. The number of carboxylic acid groups (broad SMARTS) is 1. The van der Waals surface area contributed by atoms with Gasteiger partial charge in [0.2, 0.25) is 0 Å². The lowest BCUT2D eigenvalue weighted by atomic mass is 10.0. The molecule has 0 aromatic rings. The molecule has 0 atom stereocenters. The maximum Gasteiger partial charge on any atom is 0.346 e. The van der Waals surface area contributed by atoms with Crippen LogP contribution in [0.4, 0.5) is 0 Å². The van der Waals surface area contributed by atoms with Gasteiger partial charge in [0.15, 0.2) is 0 Å². The van der Waals surface area contributed by atoms with Crippen molar-refractivity contribution in [2.75, 3.05) is 0 Å². The Labute approximate surface area is 115 Å². The summed E-state index contributed by atoms with van der Waals surface area (Å²) in [5, 5.41) is 17.6. The largest absolute Gasteiger partial charge is 0.477 e. The summed E-state index contributed by atoms with van der Waals surface area (Å²) in [6.07, 6.45) is 7.80. The molecule has 3 heteroatoms. The molecule has 0 aliphatic heterocycles. The van der Waals surface area contributed by atoms with Crippen LogP contribution >= 0.6 is 0 Å². The van der Waals surface area contributed by atoms with Gasteiger partial charge in [0.25, 0.3) is 0 Å². The molecule has 0 aliphatic rings. The number of rotatable bonds is 7. The fourth-order valence-electron chi connectivity index (χ4n) is 1.68. The minimum atomic E-state index is -1.13. The monoisotopic (exact) mass is 261 g/mol. The summed E-state index contributed by atoms with van der Waals surface area (Å²) in [5.74, 6) is -1.13. The highest BCUT2D eigenvalue weighted by Gasteiger charge is 2.09. The Hall–Kier alpha value is -1.82. The molecule has 1 N–H and O–H groups in total. The van der Waals surface area contributed by atoms with Crippen molar-refractivity contribution in [2.24, 2.45) is 0 Å². The van der Waals surface area contributed by atoms with Crippen LogP contribution < -0.4 is 0 Å². The van der Waals surface area contributed by atoms with E-state index < -0.39 is 5.97 Å². The summed E-state index contributed by atoms with van der Waals surface area (Å²) < 4.78 is 0. The van der Waals surface area contributed by atoms with E-state index in [0.717, 1.165) is 19.3 Å². The number of carboxylic acids is 1. The van der Waals surface area contributed by atoms with Crippen molar-refractivity contribution >= 4 is 5.97 Å². The second-order valence-corrected chi connectivity index (χ2v) is 4.98. The first-order chi connectivity index (χ1) is 8.88. The Morgan fingerprint density at radius 3 is 2.16 bits per heavy atom. The Balaban J connectivity index is 4.32. The maximum atomic E-state index is 10.8. The highest BCUT2D eigenvalue weighted by atomic mass is 16.4. The highest BCUT2D eigenvalue weighted by Crippen LogP contribution is 2.14. The molecule has 19 heavy (non-hydrogen) atoms. The van der Waals surface area contributed by atoms with Crippen LogP contribution in [0, 0.1) is 11.3 Å². The third kappa shape index (κ3) is 7.99. The van der Waals surface area contributed by atoms with Crippen LogP contribution in [0.15, 0.2) is 34.4 Å². The van der Waals surface area contributed by atoms with Crippen molar-refractivity contribution in [2.45, 2.75) is 53.4 Å². The predicted molar refractivity (Wildman–Crippen MR) is 77.6 cm³/mol. The Kier molecular flexibility index (Phi) is 8.28. The molecular formula is C16H23NO2. The highest BCUT2D eigenvalue weighted by molar-refractivity contribution is 5.91. The van der Waals surface area contributed by atoms with Gasteiger partial charge in [-0.25, -0.2) is 4.79 Å². The van der Waals surface area contributed by atoms with E-state index in [4.69, 9.17) is 10.4 Å². The first kappa shape index (κ1) is 17.2. The Morgan fingerprint density at radius 2 is 1.68 bits per heavy atom. The van der Waals surface area contributed by atoms with Crippen LogP contribution in [0.1, 0.15) is 53.4 Å². The Morgan fingerprint density at radius 1 is 1.11 bits per heavy atom. The molecule has 0 unspecified atom stereocenters. The molecule has 0 heterocycles. The van der Waals surface area contributed by atoms with Gasteiger partial charge in [-0.15, -0.1) is 0 Å². The summed E-state index contributed by atoms with van der Waals surface area (Å²) >= 11 is 0. The fraction of sp³-hybridized carbons (Fsp3) is 0.500. The molecule has 0 fully saturated rings. The van der Waals surface area contributed by atoms with Crippen LogP contribution in [-0.2, 0) is 4.79 Å².